The van der Waals surface area contributed by atoms with Gasteiger partial charge in [0, 0.05) is 43.1 Å². The van der Waals surface area contributed by atoms with Gasteiger partial charge >= 0.3 is 18.5 Å². The summed E-state index contributed by atoms with van der Waals surface area (Å²) in [4.78, 5) is 5.55. The molecule has 0 spiro atoms. The first-order chi connectivity index (χ1) is 34.6. The Balaban J connectivity index is 1.35. The lowest BCUT2D eigenvalue weighted by molar-refractivity contribution is -0.138. The van der Waals surface area contributed by atoms with E-state index in [0.29, 0.717) is 59.9 Å². The Labute approximate surface area is 399 Å². The van der Waals surface area contributed by atoms with E-state index in [9.17, 15) is 44.8 Å². The van der Waals surface area contributed by atoms with Crippen LogP contribution in [0.4, 0.5) is 39.5 Å². The van der Waals surface area contributed by atoms with Crippen LogP contribution in [-0.4, -0.2) is 23.3 Å². The Morgan fingerprint density at radius 3 is 0.861 bits per heavy atom. The Kier molecular flexibility index (Phi) is 8.96. The lowest BCUT2D eigenvalue weighted by Crippen LogP contribution is -2.17. The van der Waals surface area contributed by atoms with Crippen LogP contribution in [0.25, 0.3) is 110 Å². The summed E-state index contributed by atoms with van der Waals surface area (Å²) in [5.41, 5.74) is -1.37. The topological polar surface area (TPSA) is 56.4 Å². The van der Waals surface area contributed by atoms with Gasteiger partial charge in [0.25, 0.3) is 0 Å². The zero-order valence-corrected chi connectivity index (χ0v) is 36.8. The van der Waals surface area contributed by atoms with Crippen molar-refractivity contribution in [3.63, 3.8) is 0 Å². The highest BCUT2D eigenvalue weighted by Crippen LogP contribution is 2.47. The van der Waals surface area contributed by atoms with Crippen molar-refractivity contribution in [2.75, 3.05) is 0 Å². The quantitative estimate of drug-likeness (QED) is 0.165. The average molecular weight is 969 g/mol. The van der Waals surface area contributed by atoms with E-state index < -0.39 is 35.2 Å². The summed E-state index contributed by atoms with van der Waals surface area (Å²) in [6.07, 6.45) is -14.5. The minimum atomic E-state index is -4.85. The van der Waals surface area contributed by atoms with Gasteiger partial charge in [0.2, 0.25) is 0 Å². The largest absolute Gasteiger partial charge is 0.416 e. The third-order valence-electron chi connectivity index (χ3n) is 13.7. The van der Waals surface area contributed by atoms with Crippen molar-refractivity contribution in [1.82, 2.24) is 23.3 Å². The fourth-order valence-electron chi connectivity index (χ4n) is 10.7. The van der Waals surface area contributed by atoms with Gasteiger partial charge in [0.15, 0.2) is 11.6 Å². The van der Waals surface area contributed by atoms with Gasteiger partial charge in [0.05, 0.1) is 60.8 Å². The molecule has 0 N–H and O–H groups in total. The molecule has 15 heteroatoms. The molecular weight excluding hydrogens is 940 g/mol. The first-order valence-electron chi connectivity index (χ1n) is 22.4. The summed E-state index contributed by atoms with van der Waals surface area (Å²) in [5, 5.41) is 16.2. The maximum absolute atomic E-state index is 14.9. The molecule has 72 heavy (non-hydrogen) atoms. The number of halogens is 9. The lowest BCUT2D eigenvalue weighted by Gasteiger charge is -2.24. The van der Waals surface area contributed by atoms with Gasteiger partial charge in [-0.2, -0.15) is 44.8 Å². The second kappa shape index (κ2) is 15.0. The third-order valence-corrected chi connectivity index (χ3v) is 13.7. The fourth-order valence-corrected chi connectivity index (χ4v) is 10.7. The van der Waals surface area contributed by atoms with Gasteiger partial charge in [-0.25, -0.2) is 4.98 Å². The fraction of sp³-hybridized carbons (Fsp3) is 0.0526. The molecule has 0 aliphatic rings. The molecule has 0 radical (unpaired) electrons. The van der Waals surface area contributed by atoms with Crippen molar-refractivity contribution in [1.29, 1.82) is 5.26 Å². The number of benzene rings is 8. The molecule has 8 aromatic carbocycles. The maximum atomic E-state index is 14.9. The molecular formula is C57H29F9N6. The Hall–Kier alpha value is -9.03. The van der Waals surface area contributed by atoms with Gasteiger partial charge in [-0.1, -0.05) is 109 Å². The van der Waals surface area contributed by atoms with Crippen molar-refractivity contribution in [2.45, 2.75) is 18.5 Å². The van der Waals surface area contributed by atoms with Crippen molar-refractivity contribution < 1.29 is 39.5 Å². The van der Waals surface area contributed by atoms with E-state index in [4.69, 9.17) is 4.98 Å². The summed E-state index contributed by atoms with van der Waals surface area (Å²) in [5.74, 6) is -0.174. The van der Waals surface area contributed by atoms with Gasteiger partial charge in [0.1, 0.15) is 23.0 Å². The van der Waals surface area contributed by atoms with Crippen LogP contribution in [0, 0.1) is 11.3 Å². The highest BCUT2D eigenvalue weighted by Gasteiger charge is 2.37. The van der Waals surface area contributed by atoms with Crippen molar-refractivity contribution >= 4 is 87.2 Å². The second-order valence-corrected chi connectivity index (χ2v) is 17.6. The monoisotopic (exact) mass is 968 g/mol. The molecule has 0 saturated heterocycles. The molecule has 0 saturated carbocycles. The molecule has 5 aromatic heterocycles. The van der Waals surface area contributed by atoms with Crippen LogP contribution < -0.4 is 0 Å². The molecule has 5 heterocycles. The lowest BCUT2D eigenvalue weighted by atomic mass is 10.1. The Bertz CT molecular complexity index is 4440. The number of rotatable bonds is 4. The first kappa shape index (κ1) is 43.0. The summed E-state index contributed by atoms with van der Waals surface area (Å²) in [6, 6.07) is 47.2. The van der Waals surface area contributed by atoms with Crippen LogP contribution >= 0.6 is 0 Å². The highest BCUT2D eigenvalue weighted by atomic mass is 19.4. The number of nitriles is 1. The predicted octanol–water partition coefficient (Wildman–Crippen LogP) is 16.4. The number of hydrogen-bond acceptors (Lipinski definition) is 2. The van der Waals surface area contributed by atoms with E-state index in [1.807, 2.05) is 36.4 Å². The molecule has 0 bridgehead atoms. The molecule has 0 unspecified atom stereocenters. The number of para-hydroxylation sites is 5. The summed E-state index contributed by atoms with van der Waals surface area (Å²) < 4.78 is 140. The predicted molar refractivity (Wildman–Crippen MR) is 261 cm³/mol. The van der Waals surface area contributed by atoms with Crippen molar-refractivity contribution in [3.8, 4) is 29.1 Å². The van der Waals surface area contributed by atoms with Crippen LogP contribution in [0.2, 0.25) is 0 Å². The maximum Gasteiger partial charge on any atom is 0.416 e. The normalized spacial score (nSPS) is 12.8. The van der Waals surface area contributed by atoms with Crippen LogP contribution in [0.15, 0.2) is 176 Å². The summed E-state index contributed by atoms with van der Waals surface area (Å²) in [7, 11) is 0. The van der Waals surface area contributed by atoms with Gasteiger partial charge in [-0.05, 0) is 66.7 Å². The van der Waals surface area contributed by atoms with E-state index in [1.54, 1.807) is 89.5 Å². The molecule has 0 aliphatic heterocycles. The van der Waals surface area contributed by atoms with E-state index >= 15 is 0 Å². The number of hydrogen-bond donors (Lipinski definition) is 0. The SMILES string of the molecule is N#Cc1c(-n2c3ccccc3c3ccc(C(F)(F)F)cc32)c(-n2c3ccccc3c3ccccc32)nc(-n2c3ccccc3c3ccc(C(F)(F)F)cc32)c1-n1c2ccccc2c2ccc(C(F)(F)F)cc21. The van der Waals surface area contributed by atoms with Crippen LogP contribution in [-0.2, 0) is 18.5 Å². The van der Waals surface area contributed by atoms with E-state index in [-0.39, 0.29) is 45.1 Å². The van der Waals surface area contributed by atoms with Crippen LogP contribution in [0.5, 0.6) is 0 Å². The zero-order chi connectivity index (χ0) is 49.6. The standard InChI is InChI=1S/C57H29F9N6/c58-55(59,60)31-21-24-39-36-13-1-6-16-43(36)69(48(39)27-31)51-42(30-67)52(70-44-17-7-2-14-37(44)40-25-22-32(28-49(40)70)56(61,62)63)54(68-53(51)71-45-18-8-3-11-34(45)35-12-4-9-19-46(35)71)72-47-20-10-5-15-38(47)41-26-23-33(29-50(41)72)57(64,65)66/h1-29H. The number of pyridine rings is 1. The molecule has 0 aliphatic carbocycles. The highest BCUT2D eigenvalue weighted by molar-refractivity contribution is 6.14. The minimum Gasteiger partial charge on any atom is -0.305 e. The molecule has 0 amide bonds. The van der Waals surface area contributed by atoms with Gasteiger partial charge in [-0.15, -0.1) is 0 Å². The molecule has 0 atom stereocenters. The smallest absolute Gasteiger partial charge is 0.305 e. The van der Waals surface area contributed by atoms with E-state index in [0.717, 1.165) is 47.2 Å². The van der Waals surface area contributed by atoms with Crippen LogP contribution in [0.3, 0.4) is 0 Å². The van der Waals surface area contributed by atoms with Crippen molar-refractivity contribution in [3.05, 3.63) is 198 Å². The van der Waals surface area contributed by atoms with E-state index in [2.05, 4.69) is 6.07 Å². The average Bonchev–Trinajstić information content (AvgIpc) is 4.09. The third kappa shape index (κ3) is 6.14. The molecule has 13 rings (SSSR count). The van der Waals surface area contributed by atoms with Crippen LogP contribution in [0.1, 0.15) is 22.3 Å². The molecule has 13 aromatic rings. The van der Waals surface area contributed by atoms with Crippen molar-refractivity contribution in [2.24, 2.45) is 0 Å². The Morgan fingerprint density at radius 1 is 0.319 bits per heavy atom. The van der Waals surface area contributed by atoms with Gasteiger partial charge in [-0.3, -0.25) is 9.13 Å². The number of nitrogens with zero attached hydrogens (tertiary/aromatic N) is 6. The van der Waals surface area contributed by atoms with E-state index in [1.165, 1.54) is 31.9 Å². The number of aromatic nitrogens is 5. The summed E-state index contributed by atoms with van der Waals surface area (Å²) >= 11 is 0. The Morgan fingerprint density at radius 2 is 0.569 bits per heavy atom. The second-order valence-electron chi connectivity index (χ2n) is 17.6. The number of alkyl halides is 9. The molecule has 6 nitrogen and oxygen atoms in total. The number of fused-ring (bicyclic) bond motifs is 12. The summed E-state index contributed by atoms with van der Waals surface area (Å²) in [6.45, 7) is 0. The first-order valence-corrected chi connectivity index (χ1v) is 22.4. The zero-order valence-electron chi connectivity index (χ0n) is 36.8. The molecule has 0 fully saturated rings. The van der Waals surface area contributed by atoms with Gasteiger partial charge < -0.3 is 9.13 Å². The molecule has 350 valence electrons. The minimum absolute atomic E-state index is 0.00742.